The molecule has 2 unspecified atom stereocenters. The van der Waals surface area contributed by atoms with Gasteiger partial charge in [-0.3, -0.25) is 9.78 Å². The fourth-order valence-electron chi connectivity index (χ4n) is 6.56. The number of carbonyl (C=O) groups excluding carboxylic acids is 1. The molecule has 3 aliphatic carbocycles. The number of benzene rings is 1. The standard InChI is InChI=1S/C27H30N4O2.C2H6/c32-24(14-22-20-5-1-2-6-21(20)23-17-29-18-31(22)23)26-7-10-27(11-8-26,12-9-26)25(33)30-16-19-4-3-13-28-15-19;1-2/h1-6,13,15,17-18,22,24,32H,7-12,14,16H2,(H,30,33);1-2H3. The van der Waals surface area contributed by atoms with Crippen LogP contribution in [0, 0.1) is 10.8 Å². The first kappa shape index (κ1) is 23.7. The lowest BCUT2D eigenvalue weighted by atomic mass is 9.51. The van der Waals surface area contributed by atoms with Crippen molar-refractivity contribution in [2.24, 2.45) is 10.8 Å². The van der Waals surface area contributed by atoms with Crippen molar-refractivity contribution in [2.75, 3.05) is 0 Å². The molecular formula is C29H36N4O2. The van der Waals surface area contributed by atoms with E-state index in [1.807, 2.05) is 38.5 Å². The fourth-order valence-corrected chi connectivity index (χ4v) is 6.56. The number of aliphatic hydroxyl groups is 1. The number of rotatable bonds is 6. The predicted octanol–water partition coefficient (Wildman–Crippen LogP) is 5.28. The van der Waals surface area contributed by atoms with Gasteiger partial charge in [-0.15, -0.1) is 0 Å². The van der Waals surface area contributed by atoms with E-state index in [0.717, 1.165) is 49.8 Å². The van der Waals surface area contributed by atoms with Crippen LogP contribution in [0.5, 0.6) is 0 Å². The lowest BCUT2D eigenvalue weighted by Gasteiger charge is -2.54. The molecule has 0 spiro atoms. The Balaban J connectivity index is 0.00000124. The average Bonchev–Trinajstić information content (AvgIpc) is 3.52. The third-order valence-electron chi connectivity index (χ3n) is 8.71. The summed E-state index contributed by atoms with van der Waals surface area (Å²) in [5.41, 5.74) is 4.30. The summed E-state index contributed by atoms with van der Waals surface area (Å²) in [6, 6.07) is 12.5. The summed E-state index contributed by atoms with van der Waals surface area (Å²) in [6.45, 7) is 4.52. The predicted molar refractivity (Wildman–Crippen MR) is 136 cm³/mol. The van der Waals surface area contributed by atoms with E-state index in [0.29, 0.717) is 13.0 Å². The van der Waals surface area contributed by atoms with E-state index in [1.165, 1.54) is 11.1 Å². The van der Waals surface area contributed by atoms with Gasteiger partial charge in [-0.2, -0.15) is 0 Å². The minimum Gasteiger partial charge on any atom is -0.392 e. The third kappa shape index (κ3) is 4.08. The van der Waals surface area contributed by atoms with Crippen molar-refractivity contribution in [1.82, 2.24) is 19.9 Å². The largest absolute Gasteiger partial charge is 0.392 e. The highest BCUT2D eigenvalue weighted by Gasteiger charge is 2.55. The highest BCUT2D eigenvalue weighted by Crippen LogP contribution is 2.59. The molecule has 35 heavy (non-hydrogen) atoms. The molecule has 3 aromatic rings. The van der Waals surface area contributed by atoms with Crippen LogP contribution in [0.25, 0.3) is 11.3 Å². The van der Waals surface area contributed by atoms with E-state index in [4.69, 9.17) is 0 Å². The van der Waals surface area contributed by atoms with Crippen LogP contribution < -0.4 is 5.32 Å². The number of aromatic nitrogens is 3. The minimum absolute atomic E-state index is 0.0797. The fraction of sp³-hybridized carbons (Fsp3) is 0.483. The number of nitrogens with zero attached hydrogens (tertiary/aromatic N) is 3. The Bertz CT molecular complexity index is 1150. The molecule has 7 rings (SSSR count). The summed E-state index contributed by atoms with van der Waals surface area (Å²) in [4.78, 5) is 21.6. The van der Waals surface area contributed by atoms with E-state index < -0.39 is 0 Å². The number of nitrogens with one attached hydrogen (secondary N) is 1. The van der Waals surface area contributed by atoms with Gasteiger partial charge in [-0.1, -0.05) is 44.2 Å². The maximum atomic E-state index is 13.1. The van der Waals surface area contributed by atoms with Crippen molar-refractivity contribution in [3.63, 3.8) is 0 Å². The zero-order chi connectivity index (χ0) is 24.5. The van der Waals surface area contributed by atoms with Gasteiger partial charge >= 0.3 is 0 Å². The Morgan fingerprint density at radius 1 is 1.06 bits per heavy atom. The normalized spacial score (nSPS) is 26.8. The van der Waals surface area contributed by atoms with Crippen LogP contribution in [-0.2, 0) is 11.3 Å². The topological polar surface area (TPSA) is 80.0 Å². The van der Waals surface area contributed by atoms with Crippen LogP contribution in [-0.4, -0.2) is 31.7 Å². The van der Waals surface area contributed by atoms with E-state index in [1.54, 1.807) is 12.4 Å². The molecule has 4 aliphatic rings. The first-order chi connectivity index (χ1) is 17.1. The second-order valence-corrected chi connectivity index (χ2v) is 10.2. The second-order valence-electron chi connectivity index (χ2n) is 10.2. The Kier molecular flexibility index (Phi) is 6.49. The van der Waals surface area contributed by atoms with E-state index in [-0.39, 0.29) is 28.9 Å². The summed E-state index contributed by atoms with van der Waals surface area (Å²) in [5.74, 6) is 0.168. The maximum absolute atomic E-state index is 13.1. The van der Waals surface area contributed by atoms with E-state index >= 15 is 0 Å². The Labute approximate surface area is 207 Å². The second kappa shape index (κ2) is 9.57. The summed E-state index contributed by atoms with van der Waals surface area (Å²) < 4.78 is 2.21. The maximum Gasteiger partial charge on any atom is 0.226 e. The van der Waals surface area contributed by atoms with Crippen molar-refractivity contribution < 1.29 is 9.90 Å². The molecule has 3 fully saturated rings. The molecule has 0 saturated heterocycles. The number of hydrogen-bond donors (Lipinski definition) is 2. The first-order valence-electron chi connectivity index (χ1n) is 13.1. The number of imidazole rings is 1. The number of fused-ring (bicyclic) bond motifs is 6. The van der Waals surface area contributed by atoms with E-state index in [9.17, 15) is 9.90 Å². The summed E-state index contributed by atoms with van der Waals surface area (Å²) >= 11 is 0. The van der Waals surface area contributed by atoms with Gasteiger partial charge in [0.25, 0.3) is 0 Å². The molecule has 3 heterocycles. The quantitative estimate of drug-likeness (QED) is 0.511. The number of amides is 1. The van der Waals surface area contributed by atoms with Crippen LogP contribution in [0.1, 0.15) is 76.0 Å². The van der Waals surface area contributed by atoms with Gasteiger partial charge in [0, 0.05) is 29.9 Å². The zero-order valence-corrected chi connectivity index (χ0v) is 20.8. The van der Waals surface area contributed by atoms with Gasteiger partial charge in [-0.25, -0.2) is 4.98 Å². The van der Waals surface area contributed by atoms with Crippen molar-refractivity contribution in [1.29, 1.82) is 0 Å². The molecule has 6 nitrogen and oxygen atoms in total. The Morgan fingerprint density at radius 2 is 1.80 bits per heavy atom. The Morgan fingerprint density at radius 3 is 2.51 bits per heavy atom. The number of aliphatic hydroxyl groups excluding tert-OH is 1. The molecule has 1 aliphatic heterocycles. The van der Waals surface area contributed by atoms with Crippen molar-refractivity contribution in [3.05, 3.63) is 72.4 Å². The summed E-state index contributed by atoms with van der Waals surface area (Å²) in [7, 11) is 0. The summed E-state index contributed by atoms with van der Waals surface area (Å²) in [5, 5.41) is 14.7. The highest BCUT2D eigenvalue weighted by molar-refractivity contribution is 5.83. The Hall–Kier alpha value is -2.99. The molecule has 2 atom stereocenters. The van der Waals surface area contributed by atoms with Crippen LogP contribution in [0.2, 0.25) is 0 Å². The number of carbonyl (C=O) groups is 1. The van der Waals surface area contributed by atoms with Crippen LogP contribution in [0.15, 0.2) is 61.3 Å². The zero-order valence-electron chi connectivity index (χ0n) is 20.8. The van der Waals surface area contributed by atoms with Crippen LogP contribution in [0.4, 0.5) is 0 Å². The first-order valence-corrected chi connectivity index (χ1v) is 13.1. The molecule has 184 valence electrons. The van der Waals surface area contributed by atoms with Crippen LogP contribution in [0.3, 0.4) is 0 Å². The van der Waals surface area contributed by atoms with Crippen molar-refractivity contribution in [3.8, 4) is 11.3 Å². The van der Waals surface area contributed by atoms with Crippen molar-refractivity contribution >= 4 is 5.91 Å². The molecule has 2 bridgehead atoms. The van der Waals surface area contributed by atoms with Crippen LogP contribution >= 0.6 is 0 Å². The molecular weight excluding hydrogens is 436 g/mol. The molecule has 1 amide bonds. The van der Waals surface area contributed by atoms with Gasteiger partial charge in [0.05, 0.1) is 30.4 Å². The minimum atomic E-state index is -0.388. The molecule has 1 aromatic carbocycles. The number of pyridine rings is 1. The van der Waals surface area contributed by atoms with Gasteiger partial charge in [0.15, 0.2) is 0 Å². The smallest absolute Gasteiger partial charge is 0.226 e. The van der Waals surface area contributed by atoms with Gasteiger partial charge in [0.2, 0.25) is 5.91 Å². The van der Waals surface area contributed by atoms with Gasteiger partial charge in [0.1, 0.15) is 0 Å². The number of hydrogen-bond acceptors (Lipinski definition) is 4. The molecule has 3 saturated carbocycles. The molecule has 0 radical (unpaired) electrons. The molecule has 2 N–H and O–H groups in total. The van der Waals surface area contributed by atoms with Gasteiger partial charge in [-0.05, 0) is 67.6 Å². The lowest BCUT2D eigenvalue weighted by molar-refractivity contribution is -0.148. The summed E-state index contributed by atoms with van der Waals surface area (Å²) in [6.07, 6.45) is 13.0. The monoisotopic (exact) mass is 472 g/mol. The molecule has 6 heteroatoms. The van der Waals surface area contributed by atoms with E-state index in [2.05, 4.69) is 44.1 Å². The average molecular weight is 473 g/mol. The third-order valence-corrected chi connectivity index (χ3v) is 8.71. The highest BCUT2D eigenvalue weighted by atomic mass is 16.3. The SMILES string of the molecule is CC.O=C(NCc1cccnc1)C12CCC(C(O)CC3c4ccccc4-c4cncn43)(CC1)CC2. The van der Waals surface area contributed by atoms with Gasteiger partial charge < -0.3 is 15.0 Å². The van der Waals surface area contributed by atoms with Crippen molar-refractivity contribution in [2.45, 2.75) is 77.5 Å². The molecule has 2 aromatic heterocycles. The lowest BCUT2D eigenvalue weighted by Crippen LogP contribution is -2.53.